The van der Waals surface area contributed by atoms with E-state index in [1.807, 2.05) is 26.0 Å². The Labute approximate surface area is 131 Å². The summed E-state index contributed by atoms with van der Waals surface area (Å²) in [6, 6.07) is 9.85. The average molecular weight is 295 g/mol. The van der Waals surface area contributed by atoms with Gasteiger partial charge in [0.25, 0.3) is 5.91 Å². The lowest BCUT2D eigenvalue weighted by Gasteiger charge is -2.13. The maximum Gasteiger partial charge on any atom is 0.269 e. The summed E-state index contributed by atoms with van der Waals surface area (Å²) in [5.74, 6) is -0.199. The van der Waals surface area contributed by atoms with E-state index < -0.39 is 0 Å². The highest BCUT2D eigenvalue weighted by molar-refractivity contribution is 5.96. The van der Waals surface area contributed by atoms with E-state index in [0.717, 1.165) is 24.1 Å². The third-order valence-corrected chi connectivity index (χ3v) is 3.65. The maximum absolute atomic E-state index is 12.4. The van der Waals surface area contributed by atoms with Crippen LogP contribution < -0.4 is 5.32 Å². The summed E-state index contributed by atoms with van der Waals surface area (Å²) in [7, 11) is 0. The number of unbranched alkanes of at least 4 members (excludes halogenated alkanes) is 1. The van der Waals surface area contributed by atoms with Crippen LogP contribution in [-0.4, -0.2) is 17.0 Å². The van der Waals surface area contributed by atoms with Crippen molar-refractivity contribution in [2.24, 2.45) is 0 Å². The molecule has 114 valence electrons. The summed E-state index contributed by atoms with van der Waals surface area (Å²) in [6.07, 6.45) is 3.73. The summed E-state index contributed by atoms with van der Waals surface area (Å²) in [5.41, 5.74) is 3.97. The van der Waals surface area contributed by atoms with Crippen molar-refractivity contribution in [2.75, 3.05) is 6.54 Å². The molecular formula is C18H21N3O. The van der Waals surface area contributed by atoms with Crippen molar-refractivity contribution in [3.8, 4) is 11.8 Å². The molecule has 2 rings (SSSR count). The van der Waals surface area contributed by atoms with Gasteiger partial charge in [0.1, 0.15) is 11.8 Å². The van der Waals surface area contributed by atoms with Crippen LogP contribution in [-0.2, 0) is 0 Å². The van der Waals surface area contributed by atoms with Gasteiger partial charge in [-0.15, -0.1) is 0 Å². The number of aromatic nitrogens is 1. The molecule has 0 bridgehead atoms. The predicted octanol–water partition coefficient (Wildman–Crippen LogP) is 3.50. The van der Waals surface area contributed by atoms with Crippen LogP contribution in [0.5, 0.6) is 0 Å². The van der Waals surface area contributed by atoms with Gasteiger partial charge in [-0.25, -0.2) is 0 Å². The Kier molecular flexibility index (Phi) is 5.00. The topological polar surface area (TPSA) is 57.8 Å². The van der Waals surface area contributed by atoms with Crippen molar-refractivity contribution in [1.82, 2.24) is 9.88 Å². The van der Waals surface area contributed by atoms with Crippen molar-refractivity contribution >= 4 is 5.91 Å². The first-order valence-electron chi connectivity index (χ1n) is 7.55. The highest BCUT2D eigenvalue weighted by atomic mass is 16.1. The minimum Gasteiger partial charge on any atom is -0.351 e. The van der Waals surface area contributed by atoms with Gasteiger partial charge in [0.2, 0.25) is 0 Å². The van der Waals surface area contributed by atoms with Gasteiger partial charge in [-0.2, -0.15) is 5.26 Å². The fourth-order valence-corrected chi connectivity index (χ4v) is 2.49. The van der Waals surface area contributed by atoms with Gasteiger partial charge >= 0.3 is 0 Å². The number of nitrogens with one attached hydrogen (secondary N) is 1. The molecule has 0 spiro atoms. The SMILES string of the molecule is CCCCNC(=O)c1c(C#N)ccn1-c1ccc(C)cc1C. The number of aryl methyl sites for hydroxylation is 2. The van der Waals surface area contributed by atoms with Crippen LogP contribution in [0.1, 0.15) is 46.9 Å². The van der Waals surface area contributed by atoms with Crippen LogP contribution >= 0.6 is 0 Å². The van der Waals surface area contributed by atoms with Crippen LogP contribution in [0.2, 0.25) is 0 Å². The second-order valence-corrected chi connectivity index (χ2v) is 5.46. The van der Waals surface area contributed by atoms with Crippen LogP contribution in [0, 0.1) is 25.2 Å². The molecule has 1 aromatic heterocycles. The molecular weight excluding hydrogens is 274 g/mol. The van der Waals surface area contributed by atoms with E-state index in [1.165, 1.54) is 5.56 Å². The number of carbonyl (C=O) groups excluding carboxylic acids is 1. The van der Waals surface area contributed by atoms with Gasteiger partial charge in [0.15, 0.2) is 0 Å². The first kappa shape index (κ1) is 15.8. The van der Waals surface area contributed by atoms with Gasteiger partial charge in [-0.1, -0.05) is 31.0 Å². The largest absolute Gasteiger partial charge is 0.351 e. The van der Waals surface area contributed by atoms with E-state index in [-0.39, 0.29) is 5.91 Å². The van der Waals surface area contributed by atoms with E-state index in [9.17, 15) is 10.1 Å². The van der Waals surface area contributed by atoms with E-state index in [2.05, 4.69) is 24.4 Å². The van der Waals surface area contributed by atoms with E-state index >= 15 is 0 Å². The maximum atomic E-state index is 12.4. The lowest BCUT2D eigenvalue weighted by molar-refractivity contribution is 0.0946. The Morgan fingerprint density at radius 3 is 2.73 bits per heavy atom. The second-order valence-electron chi connectivity index (χ2n) is 5.46. The van der Waals surface area contributed by atoms with Gasteiger partial charge in [0.05, 0.1) is 5.56 Å². The molecule has 22 heavy (non-hydrogen) atoms. The first-order valence-corrected chi connectivity index (χ1v) is 7.55. The standard InChI is InChI=1S/C18H21N3O/c1-4-5-9-20-18(22)17-15(12-19)8-10-21(17)16-7-6-13(2)11-14(16)3/h6-8,10-11H,4-5,9H2,1-3H3,(H,20,22). The van der Waals surface area contributed by atoms with Crippen LogP contribution in [0.25, 0.3) is 5.69 Å². The van der Waals surface area contributed by atoms with Crippen molar-refractivity contribution in [2.45, 2.75) is 33.6 Å². The molecule has 0 fully saturated rings. The summed E-state index contributed by atoms with van der Waals surface area (Å²) in [6.45, 7) is 6.74. The number of benzene rings is 1. The first-order chi connectivity index (χ1) is 10.6. The molecule has 0 aliphatic carbocycles. The van der Waals surface area contributed by atoms with E-state index in [1.54, 1.807) is 16.8 Å². The highest BCUT2D eigenvalue weighted by Crippen LogP contribution is 2.21. The molecule has 1 N–H and O–H groups in total. The number of amides is 1. The molecule has 0 atom stereocenters. The Morgan fingerprint density at radius 1 is 1.32 bits per heavy atom. The fourth-order valence-electron chi connectivity index (χ4n) is 2.49. The van der Waals surface area contributed by atoms with Gasteiger partial charge in [0, 0.05) is 18.4 Å². The van der Waals surface area contributed by atoms with Gasteiger partial charge in [-0.3, -0.25) is 4.79 Å². The summed E-state index contributed by atoms with van der Waals surface area (Å²) < 4.78 is 1.80. The molecule has 2 aromatic rings. The molecule has 0 aliphatic rings. The minimum absolute atomic E-state index is 0.199. The summed E-state index contributed by atoms with van der Waals surface area (Å²) in [5, 5.41) is 12.2. The number of rotatable bonds is 5. The zero-order chi connectivity index (χ0) is 16.1. The Bertz CT molecular complexity index is 722. The minimum atomic E-state index is -0.199. The van der Waals surface area contributed by atoms with Crippen molar-refractivity contribution in [1.29, 1.82) is 5.26 Å². The lowest BCUT2D eigenvalue weighted by Crippen LogP contribution is -2.27. The Morgan fingerprint density at radius 2 is 2.09 bits per heavy atom. The van der Waals surface area contributed by atoms with Crippen molar-refractivity contribution in [3.63, 3.8) is 0 Å². The lowest BCUT2D eigenvalue weighted by atomic mass is 10.1. The van der Waals surface area contributed by atoms with Crippen LogP contribution in [0.15, 0.2) is 30.5 Å². The third-order valence-electron chi connectivity index (χ3n) is 3.65. The number of nitrogens with zero attached hydrogens (tertiary/aromatic N) is 2. The highest BCUT2D eigenvalue weighted by Gasteiger charge is 2.18. The summed E-state index contributed by atoms with van der Waals surface area (Å²) in [4.78, 5) is 12.4. The summed E-state index contributed by atoms with van der Waals surface area (Å²) >= 11 is 0. The average Bonchev–Trinajstić information content (AvgIpc) is 2.91. The van der Waals surface area contributed by atoms with Crippen LogP contribution in [0.4, 0.5) is 0 Å². The zero-order valence-corrected chi connectivity index (χ0v) is 13.3. The number of hydrogen-bond acceptors (Lipinski definition) is 2. The molecule has 4 heteroatoms. The molecule has 0 saturated carbocycles. The predicted molar refractivity (Wildman–Crippen MR) is 87.2 cm³/mol. The zero-order valence-electron chi connectivity index (χ0n) is 13.3. The smallest absolute Gasteiger partial charge is 0.269 e. The Hall–Kier alpha value is -2.54. The quantitative estimate of drug-likeness (QED) is 0.858. The van der Waals surface area contributed by atoms with E-state index in [0.29, 0.717) is 17.8 Å². The normalized spacial score (nSPS) is 10.3. The molecule has 0 saturated heterocycles. The molecule has 0 radical (unpaired) electrons. The van der Waals surface area contributed by atoms with Crippen molar-refractivity contribution < 1.29 is 4.79 Å². The molecule has 1 amide bonds. The Balaban J connectivity index is 2.43. The monoisotopic (exact) mass is 295 g/mol. The molecule has 1 heterocycles. The third kappa shape index (κ3) is 3.20. The van der Waals surface area contributed by atoms with E-state index in [4.69, 9.17) is 0 Å². The molecule has 0 unspecified atom stereocenters. The van der Waals surface area contributed by atoms with Gasteiger partial charge in [-0.05, 0) is 38.0 Å². The number of hydrogen-bond donors (Lipinski definition) is 1. The van der Waals surface area contributed by atoms with Crippen LogP contribution in [0.3, 0.4) is 0 Å². The second kappa shape index (κ2) is 6.95. The van der Waals surface area contributed by atoms with Crippen molar-refractivity contribution in [3.05, 3.63) is 52.8 Å². The molecule has 4 nitrogen and oxygen atoms in total. The molecule has 0 aliphatic heterocycles. The number of carbonyl (C=O) groups is 1. The fraction of sp³-hybridized carbons (Fsp3) is 0.333. The number of nitriles is 1. The molecule has 1 aromatic carbocycles. The van der Waals surface area contributed by atoms with Gasteiger partial charge < -0.3 is 9.88 Å².